The van der Waals surface area contributed by atoms with Crippen molar-refractivity contribution in [3.05, 3.63) is 35.9 Å². The van der Waals surface area contributed by atoms with E-state index in [-0.39, 0.29) is 6.10 Å². The Morgan fingerprint density at radius 2 is 2.00 bits per heavy atom. The van der Waals surface area contributed by atoms with Gasteiger partial charge < -0.3 is 9.84 Å². The zero-order chi connectivity index (χ0) is 9.26. The van der Waals surface area contributed by atoms with Crippen molar-refractivity contribution in [1.29, 1.82) is 0 Å². The summed E-state index contributed by atoms with van der Waals surface area (Å²) in [6.07, 6.45) is -0.967. The molecule has 0 radical (unpaired) electrons. The van der Waals surface area contributed by atoms with E-state index in [1.165, 1.54) is 0 Å². The van der Waals surface area contributed by atoms with Crippen LogP contribution in [0.2, 0.25) is 0 Å². The molecule has 3 nitrogen and oxygen atoms in total. The van der Waals surface area contributed by atoms with Gasteiger partial charge >= 0.3 is 0 Å². The lowest BCUT2D eigenvalue weighted by Crippen LogP contribution is -2.17. The molecule has 68 valence electrons. The SMILES string of the molecule is CC1OC(c2ccccc2)=NC1O. The summed E-state index contributed by atoms with van der Waals surface area (Å²) >= 11 is 0. The van der Waals surface area contributed by atoms with Crippen molar-refractivity contribution in [3.63, 3.8) is 0 Å². The molecule has 2 rings (SSSR count). The topological polar surface area (TPSA) is 41.8 Å². The molecule has 2 atom stereocenters. The van der Waals surface area contributed by atoms with E-state index in [2.05, 4.69) is 4.99 Å². The van der Waals surface area contributed by atoms with Gasteiger partial charge in [-0.25, -0.2) is 4.99 Å². The molecule has 13 heavy (non-hydrogen) atoms. The molecule has 3 heteroatoms. The minimum atomic E-state index is -0.727. The summed E-state index contributed by atoms with van der Waals surface area (Å²) in [6, 6.07) is 9.57. The van der Waals surface area contributed by atoms with Crippen LogP contribution in [0, 0.1) is 0 Å². The summed E-state index contributed by atoms with van der Waals surface area (Å²) < 4.78 is 5.36. The third-order valence-electron chi connectivity index (χ3n) is 1.99. The molecule has 1 aromatic carbocycles. The van der Waals surface area contributed by atoms with Crippen molar-refractivity contribution in [1.82, 2.24) is 0 Å². The molecule has 0 saturated heterocycles. The van der Waals surface area contributed by atoms with E-state index in [0.717, 1.165) is 5.56 Å². The second-order valence-corrected chi connectivity index (χ2v) is 3.04. The number of aliphatic hydroxyl groups is 1. The van der Waals surface area contributed by atoms with E-state index in [4.69, 9.17) is 4.74 Å². The zero-order valence-corrected chi connectivity index (χ0v) is 7.34. The molecule has 0 bridgehead atoms. The van der Waals surface area contributed by atoms with Crippen molar-refractivity contribution >= 4 is 5.90 Å². The molecule has 1 N–H and O–H groups in total. The number of hydrogen-bond acceptors (Lipinski definition) is 3. The molecule has 1 aromatic rings. The monoisotopic (exact) mass is 177 g/mol. The number of rotatable bonds is 1. The first kappa shape index (κ1) is 8.26. The Kier molecular flexibility index (Phi) is 2.02. The van der Waals surface area contributed by atoms with Crippen LogP contribution in [-0.4, -0.2) is 23.3 Å². The number of hydrogen-bond donors (Lipinski definition) is 1. The second kappa shape index (κ2) is 3.18. The van der Waals surface area contributed by atoms with Crippen LogP contribution < -0.4 is 0 Å². The minimum Gasteiger partial charge on any atom is -0.470 e. The van der Waals surface area contributed by atoms with E-state index < -0.39 is 6.23 Å². The highest BCUT2D eigenvalue weighted by Gasteiger charge is 2.25. The predicted molar refractivity (Wildman–Crippen MR) is 49.5 cm³/mol. The molecular weight excluding hydrogens is 166 g/mol. The van der Waals surface area contributed by atoms with Crippen molar-refractivity contribution < 1.29 is 9.84 Å². The normalized spacial score (nSPS) is 26.8. The average molecular weight is 177 g/mol. The highest BCUT2D eigenvalue weighted by molar-refractivity contribution is 5.95. The van der Waals surface area contributed by atoms with Crippen LogP contribution in [0.25, 0.3) is 0 Å². The van der Waals surface area contributed by atoms with Crippen LogP contribution >= 0.6 is 0 Å². The summed E-state index contributed by atoms with van der Waals surface area (Å²) in [7, 11) is 0. The lowest BCUT2D eigenvalue weighted by Gasteiger charge is -2.06. The lowest BCUT2D eigenvalue weighted by molar-refractivity contribution is 0.0769. The first-order chi connectivity index (χ1) is 6.27. The molecule has 0 amide bonds. The zero-order valence-electron chi connectivity index (χ0n) is 7.34. The summed E-state index contributed by atoms with van der Waals surface area (Å²) in [5.74, 6) is 0.528. The van der Waals surface area contributed by atoms with Gasteiger partial charge in [-0.15, -0.1) is 0 Å². The summed E-state index contributed by atoms with van der Waals surface area (Å²) in [5, 5.41) is 9.32. The maximum absolute atomic E-state index is 9.32. The molecule has 0 spiro atoms. The molecule has 1 heterocycles. The molecule has 1 aliphatic heterocycles. The number of ether oxygens (including phenoxy) is 1. The Morgan fingerprint density at radius 3 is 2.54 bits per heavy atom. The Morgan fingerprint density at radius 1 is 1.31 bits per heavy atom. The van der Waals surface area contributed by atoms with E-state index in [0.29, 0.717) is 5.90 Å². The van der Waals surface area contributed by atoms with Gasteiger partial charge in [0.1, 0.15) is 6.10 Å². The van der Waals surface area contributed by atoms with Gasteiger partial charge in [-0.2, -0.15) is 0 Å². The number of benzene rings is 1. The van der Waals surface area contributed by atoms with E-state index >= 15 is 0 Å². The van der Waals surface area contributed by atoms with Gasteiger partial charge in [0, 0.05) is 5.56 Å². The maximum Gasteiger partial charge on any atom is 0.219 e. The molecule has 0 fully saturated rings. The minimum absolute atomic E-state index is 0.241. The van der Waals surface area contributed by atoms with Crippen molar-refractivity contribution in [2.75, 3.05) is 0 Å². The molecule has 0 saturated carbocycles. The second-order valence-electron chi connectivity index (χ2n) is 3.04. The predicted octanol–water partition coefficient (Wildman–Crippen LogP) is 1.17. The fourth-order valence-electron chi connectivity index (χ4n) is 1.22. The Balaban J connectivity index is 2.25. The lowest BCUT2D eigenvalue weighted by atomic mass is 10.2. The van der Waals surface area contributed by atoms with Gasteiger partial charge in [-0.05, 0) is 19.1 Å². The van der Waals surface area contributed by atoms with Gasteiger partial charge in [-0.1, -0.05) is 18.2 Å². The van der Waals surface area contributed by atoms with Gasteiger partial charge in [0.2, 0.25) is 5.90 Å². The van der Waals surface area contributed by atoms with Crippen LogP contribution in [0.15, 0.2) is 35.3 Å². The standard InChI is InChI=1S/C10H11NO2/c1-7-9(12)11-10(13-7)8-5-3-2-4-6-8/h2-7,9,12H,1H3. The van der Waals surface area contributed by atoms with Gasteiger partial charge in [0.15, 0.2) is 6.23 Å². The fourth-order valence-corrected chi connectivity index (χ4v) is 1.22. The van der Waals surface area contributed by atoms with E-state index in [1.807, 2.05) is 30.3 Å². The largest absolute Gasteiger partial charge is 0.470 e. The molecule has 0 aromatic heterocycles. The highest BCUT2D eigenvalue weighted by Crippen LogP contribution is 2.15. The molecule has 2 unspecified atom stereocenters. The van der Waals surface area contributed by atoms with E-state index in [9.17, 15) is 5.11 Å². The van der Waals surface area contributed by atoms with Crippen molar-refractivity contribution in [2.24, 2.45) is 4.99 Å². The Hall–Kier alpha value is -1.35. The van der Waals surface area contributed by atoms with Crippen molar-refractivity contribution in [2.45, 2.75) is 19.3 Å². The highest BCUT2D eigenvalue weighted by atomic mass is 16.5. The van der Waals surface area contributed by atoms with Crippen LogP contribution in [0.5, 0.6) is 0 Å². The average Bonchev–Trinajstić information content (AvgIpc) is 2.49. The Labute approximate surface area is 76.7 Å². The summed E-state index contributed by atoms with van der Waals surface area (Å²) in [5.41, 5.74) is 0.908. The van der Waals surface area contributed by atoms with Gasteiger partial charge in [0.05, 0.1) is 0 Å². The first-order valence-corrected chi connectivity index (χ1v) is 4.25. The fraction of sp³-hybridized carbons (Fsp3) is 0.300. The smallest absolute Gasteiger partial charge is 0.219 e. The molecule has 0 aliphatic carbocycles. The summed E-state index contributed by atoms with van der Waals surface area (Å²) in [4.78, 5) is 3.99. The van der Waals surface area contributed by atoms with Crippen LogP contribution in [-0.2, 0) is 4.74 Å². The maximum atomic E-state index is 9.32. The first-order valence-electron chi connectivity index (χ1n) is 4.25. The van der Waals surface area contributed by atoms with Crippen LogP contribution in [0.1, 0.15) is 12.5 Å². The van der Waals surface area contributed by atoms with E-state index in [1.54, 1.807) is 6.92 Å². The quantitative estimate of drug-likeness (QED) is 0.699. The van der Waals surface area contributed by atoms with Gasteiger partial charge in [-0.3, -0.25) is 0 Å². The van der Waals surface area contributed by atoms with Crippen molar-refractivity contribution in [3.8, 4) is 0 Å². The Bertz CT molecular complexity index is 321. The molecule has 1 aliphatic rings. The number of aliphatic hydroxyl groups excluding tert-OH is 1. The molecular formula is C10H11NO2. The van der Waals surface area contributed by atoms with Gasteiger partial charge in [0.25, 0.3) is 0 Å². The number of nitrogens with zero attached hydrogens (tertiary/aromatic N) is 1. The summed E-state index contributed by atoms with van der Waals surface area (Å²) in [6.45, 7) is 1.80. The number of aliphatic imine (C=N–C) groups is 1. The van der Waals surface area contributed by atoms with Crippen LogP contribution in [0.3, 0.4) is 0 Å². The third kappa shape index (κ3) is 1.55. The van der Waals surface area contributed by atoms with Crippen LogP contribution in [0.4, 0.5) is 0 Å². The third-order valence-corrected chi connectivity index (χ3v) is 1.99.